The summed E-state index contributed by atoms with van der Waals surface area (Å²) in [6, 6.07) is 15.6. The monoisotopic (exact) mass is 298 g/mol. The number of ether oxygens (including phenoxy) is 1. The van der Waals surface area contributed by atoms with Crippen molar-refractivity contribution in [3.8, 4) is 16.9 Å². The highest BCUT2D eigenvalue weighted by molar-refractivity contribution is 5.69. The van der Waals surface area contributed by atoms with Crippen molar-refractivity contribution in [1.82, 2.24) is 0 Å². The van der Waals surface area contributed by atoms with Crippen LogP contribution >= 0.6 is 0 Å². The van der Waals surface area contributed by atoms with Crippen LogP contribution in [0.3, 0.4) is 0 Å². The van der Waals surface area contributed by atoms with Crippen LogP contribution in [0.2, 0.25) is 0 Å². The first-order chi connectivity index (χ1) is 10.6. The zero-order valence-corrected chi connectivity index (χ0v) is 13.1. The van der Waals surface area contributed by atoms with E-state index in [2.05, 4.69) is 35.9 Å². The lowest BCUT2D eigenvalue weighted by atomic mass is 9.97. The topological polar surface area (TPSA) is 46.5 Å². The highest BCUT2D eigenvalue weighted by atomic mass is 16.5. The van der Waals surface area contributed by atoms with Crippen molar-refractivity contribution in [2.45, 2.75) is 26.2 Å². The highest BCUT2D eigenvalue weighted by Gasteiger charge is 2.09. The van der Waals surface area contributed by atoms with E-state index in [4.69, 9.17) is 0 Å². The molecule has 0 bridgehead atoms. The second-order valence-electron chi connectivity index (χ2n) is 5.67. The van der Waals surface area contributed by atoms with E-state index < -0.39 is 0 Å². The van der Waals surface area contributed by atoms with Crippen molar-refractivity contribution in [3.63, 3.8) is 0 Å². The molecule has 0 fully saturated rings. The molecule has 0 heterocycles. The Morgan fingerprint density at radius 1 is 1.05 bits per heavy atom. The summed E-state index contributed by atoms with van der Waals surface area (Å²) < 4.78 is 4.69. The Kier molecular flexibility index (Phi) is 5.59. The second-order valence-corrected chi connectivity index (χ2v) is 5.67. The van der Waals surface area contributed by atoms with Crippen LogP contribution in [0, 0.1) is 5.92 Å². The number of phenolic OH excluding ortho intramolecular Hbond substituents is 1. The maximum absolute atomic E-state index is 11.2. The molecule has 116 valence electrons. The molecule has 1 N–H and O–H groups in total. The van der Waals surface area contributed by atoms with Crippen molar-refractivity contribution >= 4 is 5.97 Å². The number of phenols is 1. The lowest BCUT2D eigenvalue weighted by Gasteiger charge is -2.10. The predicted molar refractivity (Wildman–Crippen MR) is 87.7 cm³/mol. The van der Waals surface area contributed by atoms with Gasteiger partial charge in [0, 0.05) is 6.42 Å². The number of hydrogen-bond donors (Lipinski definition) is 1. The summed E-state index contributed by atoms with van der Waals surface area (Å²) in [6.07, 6.45) is 2.39. The summed E-state index contributed by atoms with van der Waals surface area (Å²) in [5.41, 5.74) is 3.48. The smallest absolute Gasteiger partial charge is 0.305 e. The standard InChI is InChI=1S/C19H22O3/c1-14(13-19(21)22-2)3-4-15-5-7-16(8-6-15)17-9-11-18(20)12-10-17/h5-12,14,20H,3-4,13H2,1-2H3. The third-order valence-corrected chi connectivity index (χ3v) is 3.82. The van der Waals surface area contributed by atoms with Crippen molar-refractivity contribution in [2.24, 2.45) is 5.92 Å². The van der Waals surface area contributed by atoms with Gasteiger partial charge in [-0.2, -0.15) is 0 Å². The third-order valence-electron chi connectivity index (χ3n) is 3.82. The van der Waals surface area contributed by atoms with Crippen LogP contribution in [-0.4, -0.2) is 18.2 Å². The summed E-state index contributed by atoms with van der Waals surface area (Å²) >= 11 is 0. The molecule has 0 aromatic heterocycles. The SMILES string of the molecule is COC(=O)CC(C)CCc1ccc(-c2ccc(O)cc2)cc1. The molecule has 0 aliphatic rings. The first-order valence-corrected chi connectivity index (χ1v) is 7.53. The summed E-state index contributed by atoms with van der Waals surface area (Å²) in [7, 11) is 1.43. The maximum atomic E-state index is 11.2. The molecular formula is C19H22O3. The van der Waals surface area contributed by atoms with E-state index in [1.807, 2.05) is 12.1 Å². The highest BCUT2D eigenvalue weighted by Crippen LogP contribution is 2.23. The van der Waals surface area contributed by atoms with Crippen LogP contribution in [0.5, 0.6) is 5.75 Å². The molecule has 22 heavy (non-hydrogen) atoms. The van der Waals surface area contributed by atoms with Crippen LogP contribution in [0.15, 0.2) is 48.5 Å². The van der Waals surface area contributed by atoms with E-state index in [1.54, 1.807) is 12.1 Å². The van der Waals surface area contributed by atoms with Gasteiger partial charge in [-0.05, 0) is 47.6 Å². The molecule has 0 radical (unpaired) electrons. The van der Waals surface area contributed by atoms with Crippen LogP contribution in [-0.2, 0) is 16.0 Å². The summed E-state index contributed by atoms with van der Waals surface area (Å²) in [4.78, 5) is 11.2. The molecule has 0 saturated heterocycles. The van der Waals surface area contributed by atoms with E-state index in [1.165, 1.54) is 12.7 Å². The molecular weight excluding hydrogens is 276 g/mol. The van der Waals surface area contributed by atoms with Crippen molar-refractivity contribution in [1.29, 1.82) is 0 Å². The number of esters is 1. The molecule has 0 spiro atoms. The van der Waals surface area contributed by atoms with Gasteiger partial charge in [0.25, 0.3) is 0 Å². The fourth-order valence-electron chi connectivity index (χ4n) is 2.40. The van der Waals surface area contributed by atoms with Crippen LogP contribution < -0.4 is 0 Å². The number of hydrogen-bond acceptors (Lipinski definition) is 3. The van der Waals surface area contributed by atoms with Crippen LogP contribution in [0.25, 0.3) is 11.1 Å². The number of carbonyl (C=O) groups is 1. The third kappa shape index (κ3) is 4.62. The molecule has 0 amide bonds. The van der Waals surface area contributed by atoms with Crippen molar-refractivity contribution in [2.75, 3.05) is 7.11 Å². The second kappa shape index (κ2) is 7.64. The molecule has 0 aliphatic carbocycles. The van der Waals surface area contributed by atoms with Gasteiger partial charge in [0.15, 0.2) is 0 Å². The lowest BCUT2D eigenvalue weighted by molar-refractivity contribution is -0.141. The minimum Gasteiger partial charge on any atom is -0.508 e. The summed E-state index contributed by atoms with van der Waals surface area (Å²) in [6.45, 7) is 2.07. The molecule has 2 aromatic rings. The summed E-state index contributed by atoms with van der Waals surface area (Å²) in [5, 5.41) is 9.32. The fourth-order valence-corrected chi connectivity index (χ4v) is 2.40. The van der Waals surface area contributed by atoms with E-state index >= 15 is 0 Å². The van der Waals surface area contributed by atoms with Gasteiger partial charge in [-0.25, -0.2) is 0 Å². The molecule has 3 nitrogen and oxygen atoms in total. The van der Waals surface area contributed by atoms with E-state index in [9.17, 15) is 9.90 Å². The maximum Gasteiger partial charge on any atom is 0.305 e. The number of methoxy groups -OCH3 is 1. The Morgan fingerprint density at radius 3 is 2.14 bits per heavy atom. The minimum atomic E-state index is -0.143. The van der Waals surface area contributed by atoms with Gasteiger partial charge >= 0.3 is 5.97 Å². The molecule has 0 saturated carbocycles. The van der Waals surface area contributed by atoms with Gasteiger partial charge in [0.05, 0.1) is 7.11 Å². The molecule has 3 heteroatoms. The van der Waals surface area contributed by atoms with E-state index in [-0.39, 0.29) is 11.7 Å². The van der Waals surface area contributed by atoms with Crippen LogP contribution in [0.4, 0.5) is 0 Å². The Hall–Kier alpha value is -2.29. The number of benzene rings is 2. The molecule has 1 unspecified atom stereocenters. The predicted octanol–water partition coefficient (Wildman–Crippen LogP) is 4.19. The first-order valence-electron chi connectivity index (χ1n) is 7.53. The largest absolute Gasteiger partial charge is 0.508 e. The van der Waals surface area contributed by atoms with E-state index in [0.29, 0.717) is 12.3 Å². The van der Waals surface area contributed by atoms with Crippen molar-refractivity contribution in [3.05, 3.63) is 54.1 Å². The Bertz CT molecular complexity index is 600. The average Bonchev–Trinajstić information content (AvgIpc) is 2.54. The number of aromatic hydroxyl groups is 1. The Labute approximate surface area is 131 Å². The molecule has 0 aliphatic heterocycles. The quantitative estimate of drug-likeness (QED) is 0.813. The molecule has 2 rings (SSSR count). The minimum absolute atomic E-state index is 0.143. The zero-order valence-electron chi connectivity index (χ0n) is 13.1. The van der Waals surface area contributed by atoms with Crippen molar-refractivity contribution < 1.29 is 14.6 Å². The van der Waals surface area contributed by atoms with Gasteiger partial charge in [0.2, 0.25) is 0 Å². The molecule has 1 atom stereocenters. The fraction of sp³-hybridized carbons (Fsp3) is 0.316. The average molecular weight is 298 g/mol. The first kappa shape index (κ1) is 16.1. The normalized spacial score (nSPS) is 11.9. The lowest BCUT2D eigenvalue weighted by Crippen LogP contribution is -2.07. The summed E-state index contributed by atoms with van der Waals surface area (Å²) in [5.74, 6) is 0.458. The Balaban J connectivity index is 1.92. The number of rotatable bonds is 6. The van der Waals surface area contributed by atoms with Gasteiger partial charge < -0.3 is 9.84 Å². The van der Waals surface area contributed by atoms with Gasteiger partial charge in [-0.1, -0.05) is 43.3 Å². The number of carbonyl (C=O) groups excluding carboxylic acids is 1. The van der Waals surface area contributed by atoms with Gasteiger partial charge in [0.1, 0.15) is 5.75 Å². The van der Waals surface area contributed by atoms with E-state index in [0.717, 1.165) is 24.0 Å². The molecule has 2 aromatic carbocycles. The van der Waals surface area contributed by atoms with Crippen LogP contribution in [0.1, 0.15) is 25.3 Å². The Morgan fingerprint density at radius 2 is 1.59 bits per heavy atom. The number of aryl methyl sites for hydroxylation is 1. The van der Waals surface area contributed by atoms with Gasteiger partial charge in [-0.15, -0.1) is 0 Å². The van der Waals surface area contributed by atoms with Gasteiger partial charge in [-0.3, -0.25) is 4.79 Å². The zero-order chi connectivity index (χ0) is 15.9.